The maximum absolute atomic E-state index is 12.8. The SMILES string of the molecule is CCCCc1cc(SC)nc(F)n1. The first-order valence-corrected chi connectivity index (χ1v) is 5.56. The first kappa shape index (κ1) is 10.4. The first-order chi connectivity index (χ1) is 6.26. The van der Waals surface area contributed by atoms with Crippen molar-refractivity contribution < 1.29 is 4.39 Å². The summed E-state index contributed by atoms with van der Waals surface area (Å²) in [5.41, 5.74) is 0.804. The van der Waals surface area contributed by atoms with Crippen LogP contribution in [0.4, 0.5) is 4.39 Å². The van der Waals surface area contributed by atoms with Gasteiger partial charge in [0.05, 0.1) is 0 Å². The fourth-order valence-corrected chi connectivity index (χ4v) is 1.45. The van der Waals surface area contributed by atoms with Crippen LogP contribution in [0.25, 0.3) is 0 Å². The molecule has 0 atom stereocenters. The van der Waals surface area contributed by atoms with Gasteiger partial charge in [-0.1, -0.05) is 13.3 Å². The molecule has 0 aromatic carbocycles. The number of rotatable bonds is 4. The van der Waals surface area contributed by atoms with Crippen LogP contribution in [-0.2, 0) is 6.42 Å². The third-order valence-corrected chi connectivity index (χ3v) is 2.35. The molecule has 1 heterocycles. The van der Waals surface area contributed by atoms with E-state index in [1.165, 1.54) is 11.8 Å². The van der Waals surface area contributed by atoms with E-state index >= 15 is 0 Å². The molecule has 0 radical (unpaired) electrons. The second-order valence-electron chi connectivity index (χ2n) is 2.77. The molecule has 2 nitrogen and oxygen atoms in total. The standard InChI is InChI=1S/C9H13FN2S/c1-3-4-5-7-6-8(13-2)12-9(10)11-7/h6H,3-5H2,1-2H3. The molecule has 0 saturated carbocycles. The highest BCUT2D eigenvalue weighted by atomic mass is 32.2. The van der Waals surface area contributed by atoms with Gasteiger partial charge in [0.25, 0.3) is 0 Å². The third kappa shape index (κ3) is 3.30. The molecule has 1 rings (SSSR count). The van der Waals surface area contributed by atoms with Crippen LogP contribution in [0.3, 0.4) is 0 Å². The highest BCUT2D eigenvalue weighted by Gasteiger charge is 2.02. The number of aromatic nitrogens is 2. The number of halogens is 1. The molecule has 1 aromatic rings. The summed E-state index contributed by atoms with van der Waals surface area (Å²) in [7, 11) is 0. The largest absolute Gasteiger partial charge is 0.309 e. The second-order valence-corrected chi connectivity index (χ2v) is 3.60. The fraction of sp³-hybridized carbons (Fsp3) is 0.556. The van der Waals surface area contributed by atoms with Crippen LogP contribution >= 0.6 is 11.8 Å². The van der Waals surface area contributed by atoms with Crippen LogP contribution in [0.15, 0.2) is 11.1 Å². The van der Waals surface area contributed by atoms with Crippen LogP contribution in [-0.4, -0.2) is 16.2 Å². The minimum Gasteiger partial charge on any atom is -0.207 e. The Morgan fingerprint density at radius 2 is 2.23 bits per heavy atom. The van der Waals surface area contributed by atoms with Crippen molar-refractivity contribution in [1.82, 2.24) is 9.97 Å². The van der Waals surface area contributed by atoms with Crippen LogP contribution in [0.5, 0.6) is 0 Å². The van der Waals surface area contributed by atoms with E-state index in [-0.39, 0.29) is 0 Å². The zero-order valence-electron chi connectivity index (χ0n) is 7.88. The number of hydrogen-bond acceptors (Lipinski definition) is 3. The van der Waals surface area contributed by atoms with E-state index < -0.39 is 6.08 Å². The lowest BCUT2D eigenvalue weighted by Gasteiger charge is -2.01. The molecule has 0 aliphatic carbocycles. The third-order valence-electron chi connectivity index (χ3n) is 1.72. The summed E-state index contributed by atoms with van der Waals surface area (Å²) >= 11 is 1.44. The summed E-state index contributed by atoms with van der Waals surface area (Å²) < 4.78 is 12.8. The van der Waals surface area contributed by atoms with E-state index in [4.69, 9.17) is 0 Å². The summed E-state index contributed by atoms with van der Waals surface area (Å²) in [4.78, 5) is 7.37. The molecular weight excluding hydrogens is 187 g/mol. The highest BCUT2D eigenvalue weighted by molar-refractivity contribution is 7.98. The van der Waals surface area contributed by atoms with Gasteiger partial charge < -0.3 is 0 Å². The van der Waals surface area contributed by atoms with E-state index in [1.807, 2.05) is 12.3 Å². The van der Waals surface area contributed by atoms with Gasteiger partial charge in [0, 0.05) is 5.69 Å². The lowest BCUT2D eigenvalue weighted by molar-refractivity contribution is 0.518. The maximum Gasteiger partial charge on any atom is 0.309 e. The van der Waals surface area contributed by atoms with E-state index in [1.54, 1.807) is 0 Å². The zero-order chi connectivity index (χ0) is 9.68. The van der Waals surface area contributed by atoms with Gasteiger partial charge in [0.2, 0.25) is 0 Å². The number of hydrogen-bond donors (Lipinski definition) is 0. The lowest BCUT2D eigenvalue weighted by atomic mass is 10.2. The van der Waals surface area contributed by atoms with Crippen molar-refractivity contribution in [2.45, 2.75) is 31.2 Å². The first-order valence-electron chi connectivity index (χ1n) is 4.33. The zero-order valence-corrected chi connectivity index (χ0v) is 8.70. The van der Waals surface area contributed by atoms with Crippen molar-refractivity contribution in [2.24, 2.45) is 0 Å². The van der Waals surface area contributed by atoms with Crippen LogP contribution < -0.4 is 0 Å². The Morgan fingerprint density at radius 1 is 1.46 bits per heavy atom. The molecule has 0 fully saturated rings. The fourth-order valence-electron chi connectivity index (χ4n) is 1.03. The Hall–Kier alpha value is -0.640. The second kappa shape index (κ2) is 5.17. The van der Waals surface area contributed by atoms with Crippen LogP contribution in [0.2, 0.25) is 0 Å². The minimum absolute atomic E-state index is 0.613. The molecular formula is C9H13FN2S. The predicted octanol–water partition coefficient (Wildman–Crippen LogP) is 2.68. The molecule has 0 aliphatic heterocycles. The van der Waals surface area contributed by atoms with Gasteiger partial charge in [0.15, 0.2) is 0 Å². The van der Waals surface area contributed by atoms with E-state index in [0.717, 1.165) is 25.0 Å². The van der Waals surface area contributed by atoms with E-state index in [9.17, 15) is 4.39 Å². The number of nitrogens with zero attached hydrogens (tertiary/aromatic N) is 2. The van der Waals surface area contributed by atoms with Crippen molar-refractivity contribution in [1.29, 1.82) is 0 Å². The molecule has 13 heavy (non-hydrogen) atoms. The molecule has 0 spiro atoms. The van der Waals surface area contributed by atoms with Crippen molar-refractivity contribution in [2.75, 3.05) is 6.26 Å². The van der Waals surface area contributed by atoms with Crippen molar-refractivity contribution in [3.8, 4) is 0 Å². The van der Waals surface area contributed by atoms with Gasteiger partial charge in [-0.05, 0) is 25.2 Å². The van der Waals surface area contributed by atoms with Crippen molar-refractivity contribution >= 4 is 11.8 Å². The van der Waals surface area contributed by atoms with Gasteiger partial charge >= 0.3 is 6.08 Å². The summed E-state index contributed by atoms with van der Waals surface area (Å²) in [6.07, 6.45) is 4.25. The summed E-state index contributed by atoms with van der Waals surface area (Å²) in [5, 5.41) is 0.707. The molecule has 0 N–H and O–H groups in total. The minimum atomic E-state index is -0.613. The van der Waals surface area contributed by atoms with Gasteiger partial charge in [0.1, 0.15) is 5.03 Å². The quantitative estimate of drug-likeness (QED) is 0.424. The van der Waals surface area contributed by atoms with Gasteiger partial charge in [-0.3, -0.25) is 0 Å². The summed E-state index contributed by atoms with van der Waals surface area (Å²) in [5.74, 6) is 0. The summed E-state index contributed by atoms with van der Waals surface area (Å²) in [6.45, 7) is 2.10. The monoisotopic (exact) mass is 200 g/mol. The van der Waals surface area contributed by atoms with Gasteiger partial charge in [-0.25, -0.2) is 4.98 Å². The molecule has 0 amide bonds. The average Bonchev–Trinajstić information content (AvgIpc) is 2.14. The Kier molecular flexibility index (Phi) is 4.15. The Labute approximate surface area is 82.0 Å². The number of thioether (sulfide) groups is 1. The molecule has 4 heteroatoms. The Bertz CT molecular complexity index is 278. The van der Waals surface area contributed by atoms with E-state index in [0.29, 0.717) is 5.03 Å². The van der Waals surface area contributed by atoms with Crippen LogP contribution in [0, 0.1) is 6.08 Å². The smallest absolute Gasteiger partial charge is 0.207 e. The normalized spacial score (nSPS) is 10.4. The Morgan fingerprint density at radius 3 is 2.85 bits per heavy atom. The number of aryl methyl sites for hydroxylation is 1. The van der Waals surface area contributed by atoms with Gasteiger partial charge in [-0.2, -0.15) is 9.37 Å². The molecule has 0 bridgehead atoms. The van der Waals surface area contributed by atoms with Crippen LogP contribution in [0.1, 0.15) is 25.5 Å². The van der Waals surface area contributed by atoms with Crippen molar-refractivity contribution in [3.63, 3.8) is 0 Å². The number of unbranched alkanes of at least 4 members (excludes halogenated alkanes) is 1. The lowest BCUT2D eigenvalue weighted by Crippen LogP contribution is -1.97. The average molecular weight is 200 g/mol. The molecule has 0 saturated heterocycles. The maximum atomic E-state index is 12.8. The Balaban J connectivity index is 2.76. The topological polar surface area (TPSA) is 25.8 Å². The molecule has 72 valence electrons. The van der Waals surface area contributed by atoms with Crippen molar-refractivity contribution in [3.05, 3.63) is 17.8 Å². The predicted molar refractivity (Wildman–Crippen MR) is 52.4 cm³/mol. The molecule has 1 aromatic heterocycles. The molecule has 0 unspecified atom stereocenters. The molecule has 0 aliphatic rings. The highest BCUT2D eigenvalue weighted by Crippen LogP contribution is 2.13. The van der Waals surface area contributed by atoms with Gasteiger partial charge in [-0.15, -0.1) is 11.8 Å². The van der Waals surface area contributed by atoms with E-state index in [2.05, 4.69) is 16.9 Å². The summed E-state index contributed by atoms with van der Waals surface area (Å²) in [6, 6.07) is 1.85.